The van der Waals surface area contributed by atoms with Crippen LogP contribution in [0.3, 0.4) is 0 Å². The Kier molecular flexibility index (Phi) is 5.58. The zero-order valence-electron chi connectivity index (χ0n) is 11.3. The number of hydrogen-bond acceptors (Lipinski definition) is 3. The predicted octanol–water partition coefficient (Wildman–Crippen LogP) is 3.20. The first-order valence-electron chi connectivity index (χ1n) is 6.97. The van der Waals surface area contributed by atoms with Crippen LogP contribution in [0.4, 0.5) is 10.2 Å². The molecule has 2 heterocycles. The zero-order valence-corrected chi connectivity index (χ0v) is 12.9. The third kappa shape index (κ3) is 4.14. The Morgan fingerprint density at radius 3 is 2.84 bits per heavy atom. The van der Waals surface area contributed by atoms with Gasteiger partial charge in [0.2, 0.25) is 0 Å². The predicted molar refractivity (Wildman–Crippen MR) is 80.0 cm³/mol. The quantitative estimate of drug-likeness (QED) is 0.841. The molecule has 0 amide bonds. The summed E-state index contributed by atoms with van der Waals surface area (Å²) in [5.74, 6) is 0.960. The number of pyridine rings is 1. The van der Waals surface area contributed by atoms with Gasteiger partial charge >= 0.3 is 0 Å². The highest BCUT2D eigenvalue weighted by molar-refractivity contribution is 9.10. The van der Waals surface area contributed by atoms with Crippen molar-refractivity contribution in [3.05, 3.63) is 22.6 Å². The largest absolute Gasteiger partial charge is 0.354 e. The summed E-state index contributed by atoms with van der Waals surface area (Å²) in [6.45, 7) is 6.13. The second-order valence-electron chi connectivity index (χ2n) is 5.09. The van der Waals surface area contributed by atoms with Gasteiger partial charge in [-0.05, 0) is 60.3 Å². The van der Waals surface area contributed by atoms with Crippen LogP contribution < -0.4 is 10.2 Å². The third-order valence-corrected chi connectivity index (χ3v) is 4.00. The van der Waals surface area contributed by atoms with Crippen molar-refractivity contribution in [3.8, 4) is 0 Å². The van der Waals surface area contributed by atoms with E-state index in [0.29, 0.717) is 16.2 Å². The molecule has 0 unspecified atom stereocenters. The highest BCUT2D eigenvalue weighted by atomic mass is 79.9. The number of nitrogens with zero attached hydrogens (tertiary/aromatic N) is 2. The van der Waals surface area contributed by atoms with E-state index < -0.39 is 0 Å². The fourth-order valence-electron chi connectivity index (χ4n) is 2.47. The maximum atomic E-state index is 13.8. The van der Waals surface area contributed by atoms with Crippen molar-refractivity contribution in [2.24, 2.45) is 5.92 Å². The van der Waals surface area contributed by atoms with Gasteiger partial charge in [0.05, 0.1) is 0 Å². The van der Waals surface area contributed by atoms with Crippen molar-refractivity contribution in [2.45, 2.75) is 26.2 Å². The number of anilines is 1. The van der Waals surface area contributed by atoms with Gasteiger partial charge in [-0.1, -0.05) is 6.92 Å². The molecule has 5 heteroatoms. The van der Waals surface area contributed by atoms with Gasteiger partial charge in [0, 0.05) is 23.8 Å². The summed E-state index contributed by atoms with van der Waals surface area (Å²) < 4.78 is 14.5. The molecular formula is C14H21BrFN3. The first-order chi connectivity index (χ1) is 9.20. The first-order valence-corrected chi connectivity index (χ1v) is 7.76. The fourth-order valence-corrected chi connectivity index (χ4v) is 2.78. The summed E-state index contributed by atoms with van der Waals surface area (Å²) >= 11 is 3.24. The van der Waals surface area contributed by atoms with E-state index in [0.717, 1.165) is 39.0 Å². The lowest BCUT2D eigenvalue weighted by molar-refractivity contribution is 0.380. The Morgan fingerprint density at radius 2 is 2.21 bits per heavy atom. The van der Waals surface area contributed by atoms with E-state index in [9.17, 15) is 4.39 Å². The molecule has 3 nitrogen and oxygen atoms in total. The number of piperidine rings is 1. The molecule has 1 N–H and O–H groups in total. The molecule has 1 aliphatic heterocycles. The Bertz CT molecular complexity index is 406. The van der Waals surface area contributed by atoms with Crippen molar-refractivity contribution in [2.75, 3.05) is 31.1 Å². The van der Waals surface area contributed by atoms with E-state index in [1.165, 1.54) is 12.5 Å². The molecule has 1 aromatic heterocycles. The van der Waals surface area contributed by atoms with Gasteiger partial charge in [-0.15, -0.1) is 0 Å². The van der Waals surface area contributed by atoms with Crippen LogP contribution in [0.5, 0.6) is 0 Å². The number of halogens is 2. The smallest absolute Gasteiger partial charge is 0.166 e. The van der Waals surface area contributed by atoms with Crippen molar-refractivity contribution in [3.63, 3.8) is 0 Å². The lowest BCUT2D eigenvalue weighted by Crippen LogP contribution is -2.38. The SMILES string of the molecule is CCCNCC1CCN(c2ncc(Br)cc2F)CC1. The molecular weight excluding hydrogens is 309 g/mol. The lowest BCUT2D eigenvalue weighted by Gasteiger charge is -2.33. The second-order valence-corrected chi connectivity index (χ2v) is 6.01. The fraction of sp³-hybridized carbons (Fsp3) is 0.643. The van der Waals surface area contributed by atoms with Gasteiger partial charge in [0.25, 0.3) is 0 Å². The molecule has 0 bridgehead atoms. The Labute approximate surface area is 122 Å². The summed E-state index contributed by atoms with van der Waals surface area (Å²) in [7, 11) is 0. The minimum absolute atomic E-state index is 0.239. The number of hydrogen-bond donors (Lipinski definition) is 1. The van der Waals surface area contributed by atoms with Crippen LogP contribution >= 0.6 is 15.9 Å². The van der Waals surface area contributed by atoms with Crippen molar-refractivity contribution >= 4 is 21.7 Å². The Morgan fingerprint density at radius 1 is 1.47 bits per heavy atom. The van der Waals surface area contributed by atoms with Crippen LogP contribution in [0.1, 0.15) is 26.2 Å². The van der Waals surface area contributed by atoms with Gasteiger partial charge < -0.3 is 10.2 Å². The molecule has 2 rings (SSSR count). The molecule has 0 spiro atoms. The highest BCUT2D eigenvalue weighted by Crippen LogP contribution is 2.25. The van der Waals surface area contributed by atoms with E-state index in [1.807, 2.05) is 0 Å². The topological polar surface area (TPSA) is 28.2 Å². The number of nitrogens with one attached hydrogen (secondary N) is 1. The van der Waals surface area contributed by atoms with Gasteiger partial charge in [0.1, 0.15) is 0 Å². The minimum atomic E-state index is -0.239. The standard InChI is InChI=1S/C14H21BrFN3/c1-2-5-17-9-11-3-6-19(7-4-11)14-13(16)8-12(15)10-18-14/h8,10-11,17H,2-7,9H2,1H3. The van der Waals surface area contributed by atoms with E-state index in [1.54, 1.807) is 6.20 Å². The van der Waals surface area contributed by atoms with Crippen LogP contribution in [0, 0.1) is 11.7 Å². The molecule has 0 aliphatic carbocycles. The van der Waals surface area contributed by atoms with Gasteiger partial charge in [-0.3, -0.25) is 0 Å². The molecule has 1 saturated heterocycles. The maximum absolute atomic E-state index is 13.8. The molecule has 1 aliphatic rings. The molecule has 19 heavy (non-hydrogen) atoms. The van der Waals surface area contributed by atoms with E-state index in [-0.39, 0.29) is 5.82 Å². The number of rotatable bonds is 5. The third-order valence-electron chi connectivity index (χ3n) is 3.56. The summed E-state index contributed by atoms with van der Waals surface area (Å²) in [6, 6.07) is 1.48. The van der Waals surface area contributed by atoms with Crippen molar-refractivity contribution in [1.29, 1.82) is 0 Å². The highest BCUT2D eigenvalue weighted by Gasteiger charge is 2.21. The van der Waals surface area contributed by atoms with Crippen molar-refractivity contribution in [1.82, 2.24) is 10.3 Å². The molecule has 0 saturated carbocycles. The van der Waals surface area contributed by atoms with Crippen LogP contribution in [0.15, 0.2) is 16.7 Å². The molecule has 1 aromatic rings. The zero-order chi connectivity index (χ0) is 13.7. The Hall–Kier alpha value is -0.680. The van der Waals surface area contributed by atoms with Gasteiger partial charge in [-0.2, -0.15) is 0 Å². The van der Waals surface area contributed by atoms with Crippen LogP contribution in [0.2, 0.25) is 0 Å². The summed E-state index contributed by atoms with van der Waals surface area (Å²) in [4.78, 5) is 6.24. The Balaban J connectivity index is 1.85. The molecule has 0 radical (unpaired) electrons. The molecule has 106 valence electrons. The van der Waals surface area contributed by atoms with Crippen LogP contribution in [-0.2, 0) is 0 Å². The van der Waals surface area contributed by atoms with Crippen LogP contribution in [-0.4, -0.2) is 31.2 Å². The van der Waals surface area contributed by atoms with Gasteiger partial charge in [-0.25, -0.2) is 9.37 Å². The summed E-state index contributed by atoms with van der Waals surface area (Å²) in [6.07, 6.45) is 5.04. The van der Waals surface area contributed by atoms with E-state index >= 15 is 0 Å². The summed E-state index contributed by atoms with van der Waals surface area (Å²) in [5.41, 5.74) is 0. The summed E-state index contributed by atoms with van der Waals surface area (Å²) in [5, 5.41) is 3.46. The van der Waals surface area contributed by atoms with Crippen LogP contribution in [0.25, 0.3) is 0 Å². The molecule has 0 aromatic carbocycles. The number of aromatic nitrogens is 1. The molecule has 1 fully saturated rings. The normalized spacial score (nSPS) is 16.9. The first kappa shape index (κ1) is 14.7. The average Bonchev–Trinajstić information content (AvgIpc) is 2.40. The van der Waals surface area contributed by atoms with E-state index in [2.05, 4.69) is 38.1 Å². The van der Waals surface area contributed by atoms with Gasteiger partial charge in [0.15, 0.2) is 11.6 Å². The maximum Gasteiger partial charge on any atom is 0.166 e. The van der Waals surface area contributed by atoms with E-state index in [4.69, 9.17) is 0 Å². The van der Waals surface area contributed by atoms with Crippen molar-refractivity contribution < 1.29 is 4.39 Å². The molecule has 0 atom stereocenters. The lowest BCUT2D eigenvalue weighted by atomic mass is 9.97. The monoisotopic (exact) mass is 329 g/mol. The minimum Gasteiger partial charge on any atom is -0.354 e. The second kappa shape index (κ2) is 7.20. The average molecular weight is 330 g/mol.